The lowest BCUT2D eigenvalue weighted by Crippen LogP contribution is -2.30. The molecule has 0 aromatic heterocycles. The van der Waals surface area contributed by atoms with E-state index in [-0.39, 0.29) is 31.1 Å². The zero-order chi connectivity index (χ0) is 55.7. The van der Waals surface area contributed by atoms with Crippen LogP contribution < -0.4 is 0 Å². The molecule has 0 aromatic rings. The minimum atomic E-state index is -0.767. The van der Waals surface area contributed by atoms with Crippen LogP contribution in [0.1, 0.15) is 355 Å². The van der Waals surface area contributed by atoms with Crippen LogP contribution in [0.3, 0.4) is 0 Å². The number of carbonyl (C=O) groups is 3. The Kier molecular flexibility index (Phi) is 63.2. The van der Waals surface area contributed by atoms with Gasteiger partial charge in [-0.05, 0) is 64.2 Å². The molecule has 1 atom stereocenters. The molecule has 77 heavy (non-hydrogen) atoms. The second-order valence-electron chi connectivity index (χ2n) is 22.7. The number of esters is 3. The number of carbonyl (C=O) groups excluding carboxylic acids is 3. The van der Waals surface area contributed by atoms with Crippen molar-refractivity contribution in [1.82, 2.24) is 0 Å². The molecule has 448 valence electrons. The molecule has 0 N–H and O–H groups in total. The maximum Gasteiger partial charge on any atom is 0.306 e. The summed E-state index contributed by atoms with van der Waals surface area (Å²) in [7, 11) is 0. The molecule has 6 nitrogen and oxygen atoms in total. The van der Waals surface area contributed by atoms with Crippen molar-refractivity contribution in [3.05, 3.63) is 60.8 Å². The first-order valence-corrected chi connectivity index (χ1v) is 33.8. The number of hydrogen-bond acceptors (Lipinski definition) is 6. The fourth-order valence-corrected chi connectivity index (χ4v) is 10.0. The van der Waals surface area contributed by atoms with E-state index in [1.165, 1.54) is 225 Å². The van der Waals surface area contributed by atoms with Gasteiger partial charge in [0.25, 0.3) is 0 Å². The summed E-state index contributed by atoms with van der Waals surface area (Å²) in [4.78, 5) is 38.1. The number of rotatable bonds is 62. The van der Waals surface area contributed by atoms with E-state index in [9.17, 15) is 14.4 Å². The molecular weight excluding hydrogens is 949 g/mol. The zero-order valence-corrected chi connectivity index (χ0v) is 51.5. The molecule has 0 aliphatic heterocycles. The molecule has 0 amide bonds. The normalized spacial score (nSPS) is 12.4. The van der Waals surface area contributed by atoms with E-state index >= 15 is 0 Å². The minimum Gasteiger partial charge on any atom is -0.462 e. The van der Waals surface area contributed by atoms with Crippen LogP contribution in [0.2, 0.25) is 0 Å². The first-order valence-electron chi connectivity index (χ1n) is 33.8. The largest absolute Gasteiger partial charge is 0.462 e. The van der Waals surface area contributed by atoms with Gasteiger partial charge in [0.05, 0.1) is 0 Å². The Labute approximate surface area is 479 Å². The van der Waals surface area contributed by atoms with Gasteiger partial charge in [-0.2, -0.15) is 0 Å². The van der Waals surface area contributed by atoms with Crippen LogP contribution in [0.5, 0.6) is 0 Å². The van der Waals surface area contributed by atoms with Gasteiger partial charge in [0.1, 0.15) is 13.2 Å². The van der Waals surface area contributed by atoms with Gasteiger partial charge in [-0.1, -0.05) is 332 Å². The SMILES string of the molecule is CC/C=C\C/C=C\C/C=C\C/C=C\C/C=C\CCCCCCCCCCCCCCCCCCCC(=O)OCC(COC(=O)CCCCCCCCC)OC(=O)CCCCCCCCCCCCCCCCCCCCC. The molecule has 0 radical (unpaired) electrons. The van der Waals surface area contributed by atoms with Crippen molar-refractivity contribution in [3.63, 3.8) is 0 Å². The predicted molar refractivity (Wildman–Crippen MR) is 335 cm³/mol. The summed E-state index contributed by atoms with van der Waals surface area (Å²) in [5.41, 5.74) is 0. The van der Waals surface area contributed by atoms with Crippen LogP contribution in [0.15, 0.2) is 60.8 Å². The second kappa shape index (κ2) is 65.6. The van der Waals surface area contributed by atoms with Crippen molar-refractivity contribution in [1.29, 1.82) is 0 Å². The number of hydrogen-bond donors (Lipinski definition) is 0. The quantitative estimate of drug-likeness (QED) is 0.0261. The van der Waals surface area contributed by atoms with Crippen LogP contribution in [-0.2, 0) is 28.6 Å². The molecular formula is C71H128O6. The summed E-state index contributed by atoms with van der Waals surface area (Å²) in [6.45, 7) is 6.54. The van der Waals surface area contributed by atoms with E-state index < -0.39 is 6.10 Å². The first-order chi connectivity index (χ1) is 38.0. The lowest BCUT2D eigenvalue weighted by molar-refractivity contribution is -0.167. The average Bonchev–Trinajstić information content (AvgIpc) is 3.43. The zero-order valence-electron chi connectivity index (χ0n) is 51.5. The van der Waals surface area contributed by atoms with Crippen molar-refractivity contribution < 1.29 is 28.6 Å². The highest BCUT2D eigenvalue weighted by Gasteiger charge is 2.19. The number of unbranched alkanes of at least 4 members (excludes halogenated alkanes) is 41. The van der Waals surface area contributed by atoms with E-state index in [1.807, 2.05) is 0 Å². The molecule has 6 heteroatoms. The topological polar surface area (TPSA) is 78.9 Å². The first kappa shape index (κ1) is 74.1. The van der Waals surface area contributed by atoms with Crippen LogP contribution in [0.4, 0.5) is 0 Å². The molecule has 0 fully saturated rings. The van der Waals surface area contributed by atoms with Crippen LogP contribution in [0, 0.1) is 0 Å². The van der Waals surface area contributed by atoms with Crippen molar-refractivity contribution >= 4 is 17.9 Å². The maximum atomic E-state index is 12.9. The van der Waals surface area contributed by atoms with Crippen LogP contribution >= 0.6 is 0 Å². The van der Waals surface area contributed by atoms with E-state index in [4.69, 9.17) is 14.2 Å². The Morgan fingerprint density at radius 1 is 0.273 bits per heavy atom. The fraction of sp³-hybridized carbons (Fsp3) is 0.817. The molecule has 0 aliphatic rings. The fourth-order valence-electron chi connectivity index (χ4n) is 10.0. The van der Waals surface area contributed by atoms with Gasteiger partial charge in [-0.25, -0.2) is 0 Å². The summed E-state index contributed by atoms with van der Waals surface area (Å²) in [5, 5.41) is 0. The van der Waals surface area contributed by atoms with Crippen LogP contribution in [-0.4, -0.2) is 37.2 Å². The van der Waals surface area contributed by atoms with Gasteiger partial charge in [0.2, 0.25) is 0 Å². The highest BCUT2D eigenvalue weighted by atomic mass is 16.6. The molecule has 0 bridgehead atoms. The van der Waals surface area contributed by atoms with Crippen molar-refractivity contribution in [2.45, 2.75) is 361 Å². The number of allylic oxidation sites excluding steroid dienone is 10. The van der Waals surface area contributed by atoms with Gasteiger partial charge in [0, 0.05) is 19.3 Å². The Balaban J connectivity index is 4.00. The van der Waals surface area contributed by atoms with E-state index in [0.717, 1.165) is 89.9 Å². The molecule has 0 spiro atoms. The second-order valence-corrected chi connectivity index (χ2v) is 22.7. The minimum absolute atomic E-state index is 0.0675. The summed E-state index contributed by atoms with van der Waals surface area (Å²) in [6, 6.07) is 0. The summed E-state index contributed by atoms with van der Waals surface area (Å²) < 4.78 is 16.9. The van der Waals surface area contributed by atoms with E-state index in [1.54, 1.807) is 0 Å². The average molecular weight is 1080 g/mol. The van der Waals surface area contributed by atoms with Crippen molar-refractivity contribution in [2.24, 2.45) is 0 Å². The molecule has 0 rings (SSSR count). The summed E-state index contributed by atoms with van der Waals surface area (Å²) >= 11 is 0. The smallest absolute Gasteiger partial charge is 0.306 e. The standard InChI is InChI=1S/C71H128O6/c1-4-7-10-13-16-18-20-22-24-26-28-29-30-31-32-33-34-35-36-37-38-39-40-41-43-44-46-48-50-52-55-58-61-64-70(73)76-67-68(66-75-69(72)63-60-57-54-15-12-9-6-3)77-71(74)65-62-59-56-53-51-49-47-45-42-27-25-23-21-19-17-14-11-8-5-2/h7,10,16,18,22,24,28-29,31-32,68H,4-6,8-9,11-15,17,19-21,23,25-27,30,33-67H2,1-3H3/b10-7-,18-16-,24-22-,29-28-,32-31-. The van der Waals surface area contributed by atoms with Crippen molar-refractivity contribution in [2.75, 3.05) is 13.2 Å². The van der Waals surface area contributed by atoms with E-state index in [2.05, 4.69) is 81.5 Å². The highest BCUT2D eigenvalue weighted by molar-refractivity contribution is 5.71. The van der Waals surface area contributed by atoms with Gasteiger partial charge >= 0.3 is 17.9 Å². The number of ether oxygens (including phenoxy) is 3. The molecule has 0 saturated carbocycles. The summed E-state index contributed by atoms with van der Waals surface area (Å²) in [6.07, 6.45) is 84.2. The Hall–Kier alpha value is -2.89. The van der Waals surface area contributed by atoms with Gasteiger partial charge in [0.15, 0.2) is 6.10 Å². The third kappa shape index (κ3) is 63.8. The molecule has 0 saturated heterocycles. The third-order valence-electron chi connectivity index (χ3n) is 15.0. The van der Waals surface area contributed by atoms with Gasteiger partial charge in [-0.15, -0.1) is 0 Å². The van der Waals surface area contributed by atoms with Gasteiger partial charge in [-0.3, -0.25) is 14.4 Å². The Morgan fingerprint density at radius 2 is 0.506 bits per heavy atom. The van der Waals surface area contributed by atoms with Crippen LogP contribution in [0.25, 0.3) is 0 Å². The lowest BCUT2D eigenvalue weighted by Gasteiger charge is -2.18. The Bertz CT molecular complexity index is 1380. The van der Waals surface area contributed by atoms with E-state index in [0.29, 0.717) is 19.3 Å². The monoisotopic (exact) mass is 1080 g/mol. The van der Waals surface area contributed by atoms with Gasteiger partial charge < -0.3 is 14.2 Å². The molecule has 0 aromatic carbocycles. The molecule has 0 aliphatic carbocycles. The maximum absolute atomic E-state index is 12.9. The van der Waals surface area contributed by atoms with Crippen molar-refractivity contribution in [3.8, 4) is 0 Å². The summed E-state index contributed by atoms with van der Waals surface area (Å²) in [5.74, 6) is -0.851. The molecule has 0 heterocycles. The molecule has 1 unspecified atom stereocenters. The predicted octanol–water partition coefficient (Wildman–Crippen LogP) is 23.1. The lowest BCUT2D eigenvalue weighted by atomic mass is 10.0. The third-order valence-corrected chi connectivity index (χ3v) is 15.0. The Morgan fingerprint density at radius 3 is 0.792 bits per heavy atom. The highest BCUT2D eigenvalue weighted by Crippen LogP contribution is 2.18.